The van der Waals surface area contributed by atoms with Gasteiger partial charge < -0.3 is 4.90 Å². The lowest BCUT2D eigenvalue weighted by molar-refractivity contribution is 0.0946. The van der Waals surface area contributed by atoms with E-state index in [1.54, 1.807) is 0 Å². The zero-order valence-corrected chi connectivity index (χ0v) is 17.3. The third-order valence-electron chi connectivity index (χ3n) is 5.93. The third-order valence-corrected chi connectivity index (χ3v) is 5.93. The van der Waals surface area contributed by atoms with Crippen molar-refractivity contribution in [1.29, 1.82) is 0 Å². The number of hydrogen-bond acceptors (Lipinski definition) is 3. The molecule has 0 radical (unpaired) electrons. The molecule has 3 heteroatoms. The number of carbonyl (C=O) groups excluding carboxylic acids is 1. The number of nitrogens with zero attached hydrogens (tertiary/aromatic N) is 2. The van der Waals surface area contributed by atoms with E-state index in [-0.39, 0.29) is 5.78 Å². The maximum Gasteiger partial charge on any atom is 0.187 e. The third kappa shape index (κ3) is 2.98. The molecule has 3 nitrogen and oxygen atoms in total. The van der Waals surface area contributed by atoms with Gasteiger partial charge in [-0.15, -0.1) is 0 Å². The van der Waals surface area contributed by atoms with E-state index in [9.17, 15) is 4.79 Å². The van der Waals surface area contributed by atoms with Gasteiger partial charge in [0.25, 0.3) is 0 Å². The lowest BCUT2D eigenvalue weighted by Gasteiger charge is -2.41. The van der Waals surface area contributed by atoms with Gasteiger partial charge in [-0.3, -0.25) is 4.79 Å². The van der Waals surface area contributed by atoms with Crippen molar-refractivity contribution in [2.24, 2.45) is 4.99 Å². The van der Waals surface area contributed by atoms with Crippen molar-refractivity contribution in [3.05, 3.63) is 132 Å². The average molecular weight is 402 g/mol. The number of rotatable bonds is 3. The molecule has 0 saturated heterocycles. The molecule has 0 atom stereocenters. The number of para-hydroxylation sites is 2. The topological polar surface area (TPSA) is 32.7 Å². The monoisotopic (exact) mass is 402 g/mol. The molecule has 1 aliphatic heterocycles. The summed E-state index contributed by atoms with van der Waals surface area (Å²) in [5.41, 5.74) is 3.07. The van der Waals surface area contributed by atoms with Crippen LogP contribution in [0.4, 0.5) is 11.4 Å². The van der Waals surface area contributed by atoms with Crippen molar-refractivity contribution in [3.63, 3.8) is 0 Å². The second-order valence-corrected chi connectivity index (χ2v) is 7.66. The Kier molecular flexibility index (Phi) is 4.72. The van der Waals surface area contributed by atoms with Gasteiger partial charge in [0, 0.05) is 18.3 Å². The van der Waals surface area contributed by atoms with E-state index in [1.165, 1.54) is 0 Å². The number of aliphatic imine (C=N–C) groups is 1. The maximum atomic E-state index is 14.4. The van der Waals surface area contributed by atoms with Gasteiger partial charge in [0.15, 0.2) is 5.78 Å². The Balaban J connectivity index is 1.87. The van der Waals surface area contributed by atoms with Crippen LogP contribution in [0.1, 0.15) is 21.5 Å². The van der Waals surface area contributed by atoms with Gasteiger partial charge in [-0.25, -0.2) is 4.99 Å². The molecule has 0 N–H and O–H groups in total. The first-order valence-electron chi connectivity index (χ1n) is 10.4. The van der Waals surface area contributed by atoms with Crippen LogP contribution in [-0.4, -0.2) is 18.7 Å². The van der Waals surface area contributed by atoms with Crippen LogP contribution in [0.2, 0.25) is 0 Å². The van der Waals surface area contributed by atoms with Crippen LogP contribution in [0.5, 0.6) is 0 Å². The van der Waals surface area contributed by atoms with Crippen molar-refractivity contribution < 1.29 is 4.79 Å². The number of anilines is 1. The molecule has 1 heterocycles. The van der Waals surface area contributed by atoms with Crippen molar-refractivity contribution in [1.82, 2.24) is 0 Å². The van der Waals surface area contributed by atoms with E-state index in [2.05, 4.69) is 0 Å². The van der Waals surface area contributed by atoms with Gasteiger partial charge in [0.1, 0.15) is 11.3 Å². The highest BCUT2D eigenvalue weighted by atomic mass is 16.1. The van der Waals surface area contributed by atoms with Gasteiger partial charge in [-0.05, 0) is 35.4 Å². The maximum absolute atomic E-state index is 14.4. The standard InChI is InChI=1S/C28H22N2O/c1-30(23-17-9-4-10-18-23)27-28(21-13-5-2-6-14-21,22-15-7-3-8-16-22)26(31)24-19-11-12-20-25(24)29-27/h2-20H,1H3. The minimum atomic E-state index is -1.05. The molecule has 0 saturated carbocycles. The van der Waals surface area contributed by atoms with Gasteiger partial charge in [0.2, 0.25) is 0 Å². The number of ketones is 1. The van der Waals surface area contributed by atoms with Crippen LogP contribution in [-0.2, 0) is 5.41 Å². The molecule has 0 spiro atoms. The zero-order chi connectivity index (χ0) is 21.3. The van der Waals surface area contributed by atoms with Crippen LogP contribution in [0.15, 0.2) is 120 Å². The molecule has 0 aromatic heterocycles. The Labute approximate surface area is 182 Å². The smallest absolute Gasteiger partial charge is 0.187 e. The van der Waals surface area contributed by atoms with Gasteiger partial charge in [-0.2, -0.15) is 0 Å². The number of hydrogen-bond donors (Lipinski definition) is 0. The van der Waals surface area contributed by atoms with Crippen molar-refractivity contribution in [2.45, 2.75) is 5.41 Å². The highest BCUT2D eigenvalue weighted by Gasteiger charge is 2.51. The first-order valence-corrected chi connectivity index (χ1v) is 10.4. The summed E-state index contributed by atoms with van der Waals surface area (Å²) in [6, 6.07) is 37.6. The van der Waals surface area contributed by atoms with Crippen LogP contribution >= 0.6 is 0 Å². The summed E-state index contributed by atoms with van der Waals surface area (Å²) in [5.74, 6) is 0.730. The SMILES string of the molecule is CN(C1=Nc2ccccc2C(=O)C1(c1ccccc1)c1ccccc1)c1ccccc1. The normalized spacial score (nSPS) is 14.5. The molecule has 0 amide bonds. The summed E-state index contributed by atoms with van der Waals surface area (Å²) in [6.45, 7) is 0. The van der Waals surface area contributed by atoms with Gasteiger partial charge >= 0.3 is 0 Å². The molecule has 0 fully saturated rings. The van der Waals surface area contributed by atoms with Crippen molar-refractivity contribution >= 4 is 23.0 Å². The molecule has 0 unspecified atom stereocenters. The van der Waals surface area contributed by atoms with E-state index in [0.29, 0.717) is 17.1 Å². The number of fused-ring (bicyclic) bond motifs is 1. The fourth-order valence-electron chi connectivity index (χ4n) is 4.43. The summed E-state index contributed by atoms with van der Waals surface area (Å²) in [5, 5.41) is 0. The quantitative estimate of drug-likeness (QED) is 0.419. The van der Waals surface area contributed by atoms with Gasteiger partial charge in [0.05, 0.1) is 5.69 Å². The lowest BCUT2D eigenvalue weighted by Crippen LogP contribution is -2.53. The van der Waals surface area contributed by atoms with Gasteiger partial charge in [-0.1, -0.05) is 91.0 Å². The molecular weight excluding hydrogens is 380 g/mol. The average Bonchev–Trinajstić information content (AvgIpc) is 2.85. The summed E-state index contributed by atoms with van der Waals surface area (Å²) < 4.78 is 0. The molecule has 4 aromatic carbocycles. The summed E-state index contributed by atoms with van der Waals surface area (Å²) in [7, 11) is 1.98. The second-order valence-electron chi connectivity index (χ2n) is 7.66. The highest BCUT2D eigenvalue weighted by Crippen LogP contribution is 2.44. The molecular formula is C28H22N2O. The molecule has 1 aliphatic rings. The molecule has 0 bridgehead atoms. The number of Topliss-reactive ketones (excluding diaryl/α,β-unsaturated/α-hetero) is 1. The second kappa shape index (κ2) is 7.69. The predicted molar refractivity (Wildman–Crippen MR) is 126 cm³/mol. The summed E-state index contributed by atoms with van der Waals surface area (Å²) in [6.07, 6.45) is 0. The number of likely N-dealkylation sites (N-methyl/N-ethyl adjacent to an activating group) is 1. The Hall–Kier alpha value is -3.98. The molecule has 4 aromatic rings. The first-order chi connectivity index (χ1) is 15.2. The van der Waals surface area contributed by atoms with E-state index >= 15 is 0 Å². The number of carbonyl (C=O) groups is 1. The largest absolute Gasteiger partial charge is 0.332 e. The van der Waals surface area contributed by atoms with Crippen molar-refractivity contribution in [3.8, 4) is 0 Å². The number of benzene rings is 4. The van der Waals surface area contributed by atoms with E-state index in [1.807, 2.05) is 127 Å². The van der Waals surface area contributed by atoms with Crippen LogP contribution in [0.25, 0.3) is 0 Å². The van der Waals surface area contributed by atoms with Crippen LogP contribution in [0.3, 0.4) is 0 Å². The zero-order valence-electron chi connectivity index (χ0n) is 17.3. The Morgan fingerprint density at radius 2 is 1.13 bits per heavy atom. The molecule has 5 rings (SSSR count). The molecule has 0 aliphatic carbocycles. The minimum Gasteiger partial charge on any atom is -0.332 e. The fraction of sp³-hybridized carbons (Fsp3) is 0.0714. The first kappa shape index (κ1) is 19.0. The number of amidine groups is 1. The van der Waals surface area contributed by atoms with Crippen LogP contribution in [0, 0.1) is 0 Å². The minimum absolute atomic E-state index is 0.0354. The summed E-state index contributed by atoms with van der Waals surface area (Å²) >= 11 is 0. The predicted octanol–water partition coefficient (Wildman–Crippen LogP) is 6.04. The lowest BCUT2D eigenvalue weighted by atomic mass is 9.66. The molecule has 150 valence electrons. The summed E-state index contributed by atoms with van der Waals surface area (Å²) in [4.78, 5) is 21.5. The fourth-order valence-corrected chi connectivity index (χ4v) is 4.43. The highest BCUT2D eigenvalue weighted by molar-refractivity contribution is 6.30. The van der Waals surface area contributed by atoms with Crippen LogP contribution < -0.4 is 4.90 Å². The Morgan fingerprint density at radius 1 is 0.645 bits per heavy atom. The van der Waals surface area contributed by atoms with E-state index < -0.39 is 5.41 Å². The Morgan fingerprint density at radius 3 is 1.71 bits per heavy atom. The molecule has 31 heavy (non-hydrogen) atoms. The van der Waals surface area contributed by atoms with Crippen molar-refractivity contribution in [2.75, 3.05) is 11.9 Å². The van der Waals surface area contributed by atoms with E-state index in [0.717, 1.165) is 16.8 Å². The van der Waals surface area contributed by atoms with E-state index in [4.69, 9.17) is 4.99 Å². The Bertz CT molecular complexity index is 1210.